The third kappa shape index (κ3) is 2.82. The van der Waals surface area contributed by atoms with Crippen molar-refractivity contribution in [3.63, 3.8) is 0 Å². The van der Waals surface area contributed by atoms with Gasteiger partial charge < -0.3 is 5.32 Å². The molecule has 5 heteroatoms. The number of nitrogens with zero attached hydrogens (tertiary/aromatic N) is 1. The zero-order valence-corrected chi connectivity index (χ0v) is 16.0. The molecule has 4 aliphatic carbocycles. The number of amides is 1. The van der Waals surface area contributed by atoms with E-state index >= 15 is 0 Å². The molecule has 1 amide bonds. The van der Waals surface area contributed by atoms with Crippen molar-refractivity contribution in [2.45, 2.75) is 43.9 Å². The van der Waals surface area contributed by atoms with Gasteiger partial charge in [0.15, 0.2) is 0 Å². The van der Waals surface area contributed by atoms with Gasteiger partial charge in [0.1, 0.15) is 0 Å². The van der Waals surface area contributed by atoms with Crippen molar-refractivity contribution < 1.29 is 9.18 Å². The molecule has 2 unspecified atom stereocenters. The van der Waals surface area contributed by atoms with Gasteiger partial charge >= 0.3 is 0 Å². The van der Waals surface area contributed by atoms with Gasteiger partial charge in [-0.15, -0.1) is 0 Å². The SMILES string of the molecule is O=C(NN1CCNCC1)C12CC3C[C@@](CF)(C1)C[C@](c1ccccc1)(C3)C2. The number of alkyl halides is 1. The molecule has 0 radical (unpaired) electrons. The number of nitrogens with one attached hydrogen (secondary N) is 2. The molecule has 4 saturated carbocycles. The Kier molecular flexibility index (Phi) is 4.10. The van der Waals surface area contributed by atoms with E-state index in [0.29, 0.717) is 5.92 Å². The minimum atomic E-state index is -0.410. The first kappa shape index (κ1) is 17.6. The van der Waals surface area contributed by atoms with Gasteiger partial charge in [-0.05, 0) is 55.4 Å². The lowest BCUT2D eigenvalue weighted by molar-refractivity contribution is -0.169. The number of carbonyl (C=O) groups is 1. The monoisotopic (exact) mass is 371 g/mol. The first-order valence-electron chi connectivity index (χ1n) is 10.5. The van der Waals surface area contributed by atoms with Crippen LogP contribution in [0.25, 0.3) is 0 Å². The summed E-state index contributed by atoms with van der Waals surface area (Å²) < 4.78 is 14.4. The first-order valence-corrected chi connectivity index (χ1v) is 10.5. The Bertz CT molecular complexity index is 722. The van der Waals surface area contributed by atoms with Crippen LogP contribution in [0.3, 0.4) is 0 Å². The Morgan fingerprint density at radius 3 is 2.63 bits per heavy atom. The molecule has 1 aliphatic heterocycles. The summed E-state index contributed by atoms with van der Waals surface area (Å²) in [7, 11) is 0. The summed E-state index contributed by atoms with van der Waals surface area (Å²) in [6.45, 7) is 3.18. The van der Waals surface area contributed by atoms with E-state index in [1.54, 1.807) is 0 Å². The lowest BCUT2D eigenvalue weighted by Crippen LogP contribution is -2.65. The predicted molar refractivity (Wildman–Crippen MR) is 103 cm³/mol. The largest absolute Gasteiger partial charge is 0.314 e. The average Bonchev–Trinajstić information content (AvgIpc) is 2.68. The standard InChI is InChI=1S/C22H30FN3O/c23-16-20-10-17-11-21(13-20,18-4-2-1-3-5-18)15-22(12-17,14-20)19(27)25-26-8-6-24-7-9-26/h1-5,17,24H,6-16H2,(H,25,27)/t17?,20-,21+,22?/m0/s1. The van der Waals surface area contributed by atoms with Crippen LogP contribution in [0.15, 0.2) is 30.3 Å². The number of halogens is 1. The molecular weight excluding hydrogens is 341 g/mol. The van der Waals surface area contributed by atoms with Crippen molar-refractivity contribution in [2.24, 2.45) is 16.7 Å². The lowest BCUT2D eigenvalue weighted by atomic mass is 9.38. The summed E-state index contributed by atoms with van der Waals surface area (Å²) in [6.07, 6.45) is 5.50. The molecule has 0 aromatic heterocycles. The molecule has 1 heterocycles. The van der Waals surface area contributed by atoms with Gasteiger partial charge in [0.2, 0.25) is 5.91 Å². The Morgan fingerprint density at radius 2 is 1.89 bits per heavy atom. The maximum Gasteiger partial charge on any atom is 0.240 e. The van der Waals surface area contributed by atoms with Crippen LogP contribution in [0, 0.1) is 16.7 Å². The van der Waals surface area contributed by atoms with Gasteiger partial charge in [0.05, 0.1) is 12.1 Å². The van der Waals surface area contributed by atoms with Crippen molar-refractivity contribution in [1.82, 2.24) is 15.8 Å². The summed E-state index contributed by atoms with van der Waals surface area (Å²) in [5.74, 6) is 0.609. The van der Waals surface area contributed by atoms with Crippen LogP contribution in [-0.4, -0.2) is 43.8 Å². The smallest absolute Gasteiger partial charge is 0.240 e. The van der Waals surface area contributed by atoms with Gasteiger partial charge in [-0.1, -0.05) is 30.3 Å². The van der Waals surface area contributed by atoms with Gasteiger partial charge in [0.25, 0.3) is 0 Å². The lowest BCUT2D eigenvalue weighted by Gasteiger charge is -2.65. The van der Waals surface area contributed by atoms with Crippen LogP contribution in [0.5, 0.6) is 0 Å². The summed E-state index contributed by atoms with van der Waals surface area (Å²) in [4.78, 5) is 13.5. The van der Waals surface area contributed by atoms with E-state index in [1.807, 2.05) is 6.07 Å². The maximum atomic E-state index is 14.4. The van der Waals surface area contributed by atoms with E-state index in [0.717, 1.165) is 64.7 Å². The molecule has 4 nitrogen and oxygen atoms in total. The van der Waals surface area contributed by atoms with Crippen molar-refractivity contribution in [1.29, 1.82) is 0 Å². The number of piperazine rings is 1. The van der Waals surface area contributed by atoms with E-state index < -0.39 is 5.41 Å². The molecule has 5 fully saturated rings. The van der Waals surface area contributed by atoms with Gasteiger partial charge in [0, 0.05) is 31.6 Å². The Balaban J connectivity index is 1.48. The number of rotatable bonds is 4. The van der Waals surface area contributed by atoms with E-state index in [9.17, 15) is 9.18 Å². The second kappa shape index (κ2) is 6.28. The summed E-state index contributed by atoms with van der Waals surface area (Å²) >= 11 is 0. The molecule has 2 N–H and O–H groups in total. The number of carbonyl (C=O) groups excluding carboxylic acids is 1. The van der Waals surface area contributed by atoms with Crippen LogP contribution in [0.2, 0.25) is 0 Å². The number of hydrogen-bond acceptors (Lipinski definition) is 3. The minimum Gasteiger partial charge on any atom is -0.314 e. The highest BCUT2D eigenvalue weighted by Crippen LogP contribution is 2.70. The molecule has 5 aliphatic rings. The second-order valence-corrected chi connectivity index (χ2v) is 9.75. The molecule has 6 rings (SSSR count). The topological polar surface area (TPSA) is 44.4 Å². The van der Waals surface area contributed by atoms with Crippen LogP contribution in [0.4, 0.5) is 4.39 Å². The fourth-order valence-corrected chi connectivity index (χ4v) is 7.19. The fourth-order valence-electron chi connectivity index (χ4n) is 7.19. The first-order chi connectivity index (χ1) is 13.1. The molecule has 4 bridgehead atoms. The summed E-state index contributed by atoms with van der Waals surface area (Å²) in [5, 5.41) is 5.37. The van der Waals surface area contributed by atoms with Crippen molar-refractivity contribution in [3.8, 4) is 0 Å². The van der Waals surface area contributed by atoms with Gasteiger partial charge in [-0.3, -0.25) is 14.6 Å². The van der Waals surface area contributed by atoms with E-state index in [2.05, 4.69) is 40.0 Å². The van der Waals surface area contributed by atoms with Crippen LogP contribution < -0.4 is 10.7 Å². The molecule has 1 aromatic carbocycles. The second-order valence-electron chi connectivity index (χ2n) is 9.75. The highest BCUT2D eigenvalue weighted by atomic mass is 19.1. The minimum absolute atomic E-state index is 0.0342. The van der Waals surface area contributed by atoms with E-state index in [1.165, 1.54) is 5.56 Å². The molecule has 1 aromatic rings. The quantitative estimate of drug-likeness (QED) is 0.855. The van der Waals surface area contributed by atoms with Crippen LogP contribution >= 0.6 is 0 Å². The third-order valence-electron chi connectivity index (χ3n) is 7.71. The molecule has 4 atom stereocenters. The van der Waals surface area contributed by atoms with Crippen LogP contribution in [0.1, 0.15) is 44.1 Å². The molecule has 146 valence electrons. The normalized spacial score (nSPS) is 40.9. The average molecular weight is 372 g/mol. The fraction of sp³-hybridized carbons (Fsp3) is 0.682. The predicted octanol–water partition coefficient (Wildman–Crippen LogP) is 2.80. The van der Waals surface area contributed by atoms with E-state index in [-0.39, 0.29) is 23.4 Å². The van der Waals surface area contributed by atoms with E-state index in [4.69, 9.17) is 0 Å². The number of hydrogen-bond donors (Lipinski definition) is 2. The number of benzene rings is 1. The molecule has 27 heavy (non-hydrogen) atoms. The van der Waals surface area contributed by atoms with Gasteiger partial charge in [-0.2, -0.15) is 0 Å². The maximum absolute atomic E-state index is 14.4. The highest BCUT2D eigenvalue weighted by molar-refractivity contribution is 5.83. The van der Waals surface area contributed by atoms with Crippen molar-refractivity contribution in [2.75, 3.05) is 32.9 Å². The number of hydrazine groups is 1. The molecular formula is C22H30FN3O. The van der Waals surface area contributed by atoms with Gasteiger partial charge in [-0.25, -0.2) is 5.01 Å². The summed E-state index contributed by atoms with van der Waals surface area (Å²) in [5.41, 5.74) is 3.78. The van der Waals surface area contributed by atoms with Crippen LogP contribution in [-0.2, 0) is 10.2 Å². The third-order valence-corrected chi connectivity index (χ3v) is 7.71. The Hall–Kier alpha value is -1.46. The molecule has 1 saturated heterocycles. The van der Waals surface area contributed by atoms with Crippen molar-refractivity contribution in [3.05, 3.63) is 35.9 Å². The Labute approximate surface area is 160 Å². The summed E-state index contributed by atoms with van der Waals surface area (Å²) in [6, 6.07) is 10.6. The highest BCUT2D eigenvalue weighted by Gasteiger charge is 2.66. The van der Waals surface area contributed by atoms with Crippen molar-refractivity contribution >= 4 is 5.91 Å². The molecule has 0 spiro atoms. The Morgan fingerprint density at radius 1 is 1.11 bits per heavy atom. The zero-order valence-electron chi connectivity index (χ0n) is 16.0. The zero-order chi connectivity index (χ0) is 18.5.